The molecular weight excluding hydrogens is 134 g/mol. The zero-order valence-electron chi connectivity index (χ0n) is 7.65. The molecule has 0 amide bonds. The van der Waals surface area contributed by atoms with Crippen LogP contribution in [0.2, 0.25) is 0 Å². The first-order valence-electron chi connectivity index (χ1n) is 4.26. The van der Waals surface area contributed by atoms with Gasteiger partial charge < -0.3 is 4.98 Å². The number of H-pyrrole nitrogens is 1. The van der Waals surface area contributed by atoms with Gasteiger partial charge >= 0.3 is 0 Å². The van der Waals surface area contributed by atoms with Crippen molar-refractivity contribution in [2.24, 2.45) is 5.41 Å². The summed E-state index contributed by atoms with van der Waals surface area (Å²) in [6.45, 7) is 6.85. The van der Waals surface area contributed by atoms with Crippen molar-refractivity contribution in [1.82, 2.24) is 4.98 Å². The number of hydrogen-bond acceptors (Lipinski definition) is 0. The molecule has 62 valence electrons. The summed E-state index contributed by atoms with van der Waals surface area (Å²) in [5, 5.41) is 0. The fourth-order valence-electron chi connectivity index (χ4n) is 1.15. The molecule has 1 N–H and O–H groups in total. The van der Waals surface area contributed by atoms with Crippen LogP contribution in [0.3, 0.4) is 0 Å². The molecule has 0 aliphatic rings. The van der Waals surface area contributed by atoms with Crippen LogP contribution in [0.15, 0.2) is 18.5 Å². The maximum atomic E-state index is 3.08. The van der Waals surface area contributed by atoms with Gasteiger partial charge in [0, 0.05) is 12.4 Å². The molecule has 1 heterocycles. The zero-order valence-corrected chi connectivity index (χ0v) is 7.65. The number of hydrogen-bond donors (Lipinski definition) is 1. The maximum Gasteiger partial charge on any atom is 0.00375 e. The molecule has 0 bridgehead atoms. The number of aromatic nitrogens is 1. The van der Waals surface area contributed by atoms with E-state index in [-0.39, 0.29) is 0 Å². The summed E-state index contributed by atoms with van der Waals surface area (Å²) in [4.78, 5) is 3.08. The van der Waals surface area contributed by atoms with Crippen LogP contribution in [-0.2, 0) is 6.42 Å². The van der Waals surface area contributed by atoms with E-state index in [1.807, 2.05) is 6.20 Å². The Bertz CT molecular complexity index is 197. The third-order valence-electron chi connectivity index (χ3n) is 2.30. The monoisotopic (exact) mass is 151 g/mol. The molecule has 1 rings (SSSR count). The van der Waals surface area contributed by atoms with Gasteiger partial charge in [0.15, 0.2) is 0 Å². The van der Waals surface area contributed by atoms with E-state index in [0.29, 0.717) is 5.41 Å². The summed E-state index contributed by atoms with van der Waals surface area (Å²) in [7, 11) is 0. The van der Waals surface area contributed by atoms with Gasteiger partial charge in [-0.05, 0) is 23.5 Å². The lowest BCUT2D eigenvalue weighted by Gasteiger charge is -2.21. The highest BCUT2D eigenvalue weighted by molar-refractivity contribution is 5.10. The predicted molar refractivity (Wildman–Crippen MR) is 48.6 cm³/mol. The van der Waals surface area contributed by atoms with Gasteiger partial charge in [-0.2, -0.15) is 0 Å². The molecule has 1 aromatic heterocycles. The summed E-state index contributed by atoms with van der Waals surface area (Å²) < 4.78 is 0. The Balaban J connectivity index is 2.56. The van der Waals surface area contributed by atoms with Gasteiger partial charge in [-0.25, -0.2) is 0 Å². The smallest absolute Gasteiger partial charge is 0.00375 e. The molecule has 0 aromatic carbocycles. The molecule has 0 radical (unpaired) electrons. The van der Waals surface area contributed by atoms with Crippen LogP contribution in [-0.4, -0.2) is 4.98 Å². The van der Waals surface area contributed by atoms with Crippen LogP contribution in [0.5, 0.6) is 0 Å². The Labute approximate surface area is 68.8 Å². The van der Waals surface area contributed by atoms with Gasteiger partial charge in [-0.3, -0.25) is 0 Å². The largest absolute Gasteiger partial charge is 0.367 e. The SMILES string of the molecule is CCC(C)(C)Cc1cc[nH]c1. The second-order valence-electron chi connectivity index (χ2n) is 3.91. The van der Waals surface area contributed by atoms with Crippen LogP contribution in [0.4, 0.5) is 0 Å². The van der Waals surface area contributed by atoms with E-state index >= 15 is 0 Å². The molecule has 0 aliphatic carbocycles. The maximum absolute atomic E-state index is 3.08. The lowest BCUT2D eigenvalue weighted by atomic mass is 9.84. The van der Waals surface area contributed by atoms with Crippen molar-refractivity contribution in [3.05, 3.63) is 24.0 Å². The van der Waals surface area contributed by atoms with Crippen LogP contribution in [0.1, 0.15) is 32.8 Å². The summed E-state index contributed by atoms with van der Waals surface area (Å²) in [6, 6.07) is 2.15. The van der Waals surface area contributed by atoms with Gasteiger partial charge in [0.05, 0.1) is 0 Å². The summed E-state index contributed by atoms with van der Waals surface area (Å²) in [6.07, 6.45) is 6.48. The highest BCUT2D eigenvalue weighted by atomic mass is 14.6. The molecule has 0 saturated heterocycles. The van der Waals surface area contributed by atoms with E-state index in [4.69, 9.17) is 0 Å². The molecule has 0 saturated carbocycles. The standard InChI is InChI=1S/C10H17N/c1-4-10(2,3)7-9-5-6-11-8-9/h5-6,8,11H,4,7H2,1-3H3. The number of aromatic amines is 1. The van der Waals surface area contributed by atoms with Gasteiger partial charge in [-0.15, -0.1) is 0 Å². The van der Waals surface area contributed by atoms with Crippen LogP contribution < -0.4 is 0 Å². The molecule has 0 fully saturated rings. The van der Waals surface area contributed by atoms with Crippen molar-refractivity contribution in [1.29, 1.82) is 0 Å². The first-order valence-corrected chi connectivity index (χ1v) is 4.26. The highest BCUT2D eigenvalue weighted by Gasteiger charge is 2.15. The topological polar surface area (TPSA) is 15.8 Å². The third-order valence-corrected chi connectivity index (χ3v) is 2.30. The Kier molecular flexibility index (Phi) is 2.38. The minimum absolute atomic E-state index is 0.447. The average molecular weight is 151 g/mol. The first kappa shape index (κ1) is 8.38. The Morgan fingerprint density at radius 2 is 2.18 bits per heavy atom. The fourth-order valence-corrected chi connectivity index (χ4v) is 1.15. The van der Waals surface area contributed by atoms with E-state index in [0.717, 1.165) is 0 Å². The van der Waals surface area contributed by atoms with E-state index < -0.39 is 0 Å². The summed E-state index contributed by atoms with van der Waals surface area (Å²) in [5.74, 6) is 0. The quantitative estimate of drug-likeness (QED) is 0.683. The number of nitrogens with one attached hydrogen (secondary N) is 1. The minimum Gasteiger partial charge on any atom is -0.367 e. The molecule has 0 aliphatic heterocycles. The van der Waals surface area contributed by atoms with Gasteiger partial charge in [0.1, 0.15) is 0 Å². The molecule has 1 nitrogen and oxygen atoms in total. The van der Waals surface area contributed by atoms with Gasteiger partial charge in [-0.1, -0.05) is 27.2 Å². The molecule has 1 aromatic rings. The molecular formula is C10H17N. The summed E-state index contributed by atoms with van der Waals surface area (Å²) >= 11 is 0. The molecule has 11 heavy (non-hydrogen) atoms. The zero-order chi connectivity index (χ0) is 8.32. The number of rotatable bonds is 3. The minimum atomic E-state index is 0.447. The Morgan fingerprint density at radius 1 is 1.45 bits per heavy atom. The van der Waals surface area contributed by atoms with Crippen molar-refractivity contribution in [3.8, 4) is 0 Å². The van der Waals surface area contributed by atoms with Crippen molar-refractivity contribution < 1.29 is 0 Å². The molecule has 0 unspecified atom stereocenters. The average Bonchev–Trinajstić information content (AvgIpc) is 2.39. The van der Waals surface area contributed by atoms with Crippen molar-refractivity contribution in [2.75, 3.05) is 0 Å². The van der Waals surface area contributed by atoms with E-state index in [1.165, 1.54) is 18.4 Å². The van der Waals surface area contributed by atoms with Crippen molar-refractivity contribution in [3.63, 3.8) is 0 Å². The lowest BCUT2D eigenvalue weighted by Crippen LogP contribution is -2.12. The van der Waals surface area contributed by atoms with E-state index in [9.17, 15) is 0 Å². The Hall–Kier alpha value is -0.720. The van der Waals surface area contributed by atoms with Crippen LogP contribution >= 0.6 is 0 Å². The van der Waals surface area contributed by atoms with Crippen molar-refractivity contribution >= 4 is 0 Å². The lowest BCUT2D eigenvalue weighted by molar-refractivity contribution is 0.349. The first-order chi connectivity index (χ1) is 5.14. The Morgan fingerprint density at radius 3 is 2.64 bits per heavy atom. The highest BCUT2D eigenvalue weighted by Crippen LogP contribution is 2.24. The normalized spacial score (nSPS) is 11.9. The summed E-state index contributed by atoms with van der Waals surface area (Å²) in [5.41, 5.74) is 1.86. The molecule has 1 heteroatoms. The predicted octanol–water partition coefficient (Wildman–Crippen LogP) is 2.99. The third kappa shape index (κ3) is 2.41. The molecule has 0 atom stereocenters. The van der Waals surface area contributed by atoms with Crippen LogP contribution in [0, 0.1) is 5.41 Å². The second kappa shape index (κ2) is 3.12. The molecule has 0 spiro atoms. The van der Waals surface area contributed by atoms with Gasteiger partial charge in [0.2, 0.25) is 0 Å². The fraction of sp³-hybridized carbons (Fsp3) is 0.600. The second-order valence-corrected chi connectivity index (χ2v) is 3.91. The van der Waals surface area contributed by atoms with Gasteiger partial charge in [0.25, 0.3) is 0 Å². The van der Waals surface area contributed by atoms with Crippen LogP contribution in [0.25, 0.3) is 0 Å². The van der Waals surface area contributed by atoms with E-state index in [2.05, 4.69) is 38.0 Å². The van der Waals surface area contributed by atoms with E-state index in [1.54, 1.807) is 0 Å². The van der Waals surface area contributed by atoms with Crippen molar-refractivity contribution in [2.45, 2.75) is 33.6 Å².